The van der Waals surface area contributed by atoms with Crippen molar-refractivity contribution in [3.8, 4) is 0 Å². The molecular weight excluding hydrogens is 400 g/mol. The maximum Gasteiger partial charge on any atom is 0.255 e. The van der Waals surface area contributed by atoms with Crippen molar-refractivity contribution in [2.24, 2.45) is 0 Å². The second-order valence-electron chi connectivity index (χ2n) is 8.16. The number of benzene rings is 2. The number of furan rings is 1. The first kappa shape index (κ1) is 21.8. The number of sulfonamides is 1. The number of rotatable bonds is 6. The van der Waals surface area contributed by atoms with E-state index in [2.05, 4.69) is 30.8 Å². The lowest BCUT2D eigenvalue weighted by Crippen LogP contribution is -2.24. The van der Waals surface area contributed by atoms with E-state index in [4.69, 9.17) is 4.42 Å². The van der Waals surface area contributed by atoms with E-state index in [-0.39, 0.29) is 22.8 Å². The Morgan fingerprint density at radius 2 is 1.73 bits per heavy atom. The lowest BCUT2D eigenvalue weighted by atomic mass is 9.87. The summed E-state index contributed by atoms with van der Waals surface area (Å²) in [4.78, 5) is 12.8. The van der Waals surface area contributed by atoms with E-state index in [1.54, 1.807) is 25.1 Å². The summed E-state index contributed by atoms with van der Waals surface area (Å²) in [5.74, 6) is 0.140. The molecule has 0 fully saturated rings. The third-order valence-electron chi connectivity index (χ3n) is 4.79. The van der Waals surface area contributed by atoms with E-state index in [0.717, 1.165) is 5.56 Å². The molecule has 0 unspecified atom stereocenters. The molecule has 2 N–H and O–H groups in total. The number of amides is 1. The monoisotopic (exact) mass is 426 g/mol. The number of hydrogen-bond acceptors (Lipinski definition) is 4. The molecule has 2 aromatic carbocycles. The molecule has 0 radical (unpaired) electrons. The van der Waals surface area contributed by atoms with Crippen LogP contribution in [0.4, 0.5) is 5.69 Å². The molecule has 3 rings (SSSR count). The number of carbonyl (C=O) groups excluding carboxylic acids is 1. The van der Waals surface area contributed by atoms with Crippen LogP contribution >= 0.6 is 0 Å². The zero-order valence-electron chi connectivity index (χ0n) is 17.5. The van der Waals surface area contributed by atoms with Crippen LogP contribution in [0.25, 0.3) is 0 Å². The van der Waals surface area contributed by atoms with E-state index in [1.165, 1.54) is 18.4 Å². The second kappa shape index (κ2) is 8.45. The molecule has 3 aromatic rings. The number of nitrogens with one attached hydrogen (secondary N) is 2. The quantitative estimate of drug-likeness (QED) is 0.602. The average molecular weight is 427 g/mol. The van der Waals surface area contributed by atoms with Crippen LogP contribution in [0.3, 0.4) is 0 Å². The Hall–Kier alpha value is -2.90. The van der Waals surface area contributed by atoms with Crippen molar-refractivity contribution in [2.45, 2.75) is 44.6 Å². The summed E-state index contributed by atoms with van der Waals surface area (Å²) in [7, 11) is -3.79. The first-order valence-corrected chi connectivity index (χ1v) is 11.1. The van der Waals surface area contributed by atoms with Crippen LogP contribution in [-0.4, -0.2) is 14.3 Å². The van der Waals surface area contributed by atoms with Crippen LogP contribution in [-0.2, 0) is 22.0 Å². The molecule has 7 heteroatoms. The summed E-state index contributed by atoms with van der Waals surface area (Å²) in [5.41, 5.74) is 2.81. The van der Waals surface area contributed by atoms with Crippen LogP contribution in [0.5, 0.6) is 0 Å². The Bertz CT molecular complexity index is 1130. The zero-order chi connectivity index (χ0) is 21.9. The standard InChI is InChI=1S/C23H26N2O4S/c1-16-7-12-20(30(27,28)24-15-19-6-5-13-29-19)14-21(16)22(26)25-18-10-8-17(9-11-18)23(2,3)4/h5-14,24H,15H2,1-4H3,(H,25,26). The van der Waals surface area contributed by atoms with E-state index in [0.29, 0.717) is 22.6 Å². The highest BCUT2D eigenvalue weighted by Crippen LogP contribution is 2.24. The molecule has 0 atom stereocenters. The fourth-order valence-electron chi connectivity index (χ4n) is 2.93. The minimum atomic E-state index is -3.79. The van der Waals surface area contributed by atoms with Crippen LogP contribution in [0.1, 0.15) is 48.0 Å². The third kappa shape index (κ3) is 5.17. The fourth-order valence-corrected chi connectivity index (χ4v) is 3.95. The number of hydrogen-bond donors (Lipinski definition) is 2. The second-order valence-corrected chi connectivity index (χ2v) is 9.93. The maximum absolute atomic E-state index is 12.8. The van der Waals surface area contributed by atoms with Gasteiger partial charge < -0.3 is 9.73 Å². The largest absolute Gasteiger partial charge is 0.468 e. The zero-order valence-corrected chi connectivity index (χ0v) is 18.3. The smallest absolute Gasteiger partial charge is 0.255 e. The van der Waals surface area contributed by atoms with Crippen LogP contribution in [0.15, 0.2) is 70.2 Å². The molecule has 6 nitrogen and oxygen atoms in total. The molecule has 30 heavy (non-hydrogen) atoms. The van der Waals surface area contributed by atoms with Gasteiger partial charge in [-0.15, -0.1) is 0 Å². The normalized spacial score (nSPS) is 12.0. The van der Waals surface area contributed by atoms with Gasteiger partial charge in [0.25, 0.3) is 5.91 Å². The Labute approximate surface area is 177 Å². The van der Waals surface area contributed by atoms with Crippen molar-refractivity contribution in [3.63, 3.8) is 0 Å². The first-order chi connectivity index (χ1) is 14.1. The van der Waals surface area contributed by atoms with Gasteiger partial charge in [-0.25, -0.2) is 13.1 Å². The van der Waals surface area contributed by atoms with Gasteiger partial charge in [-0.2, -0.15) is 0 Å². The Morgan fingerprint density at radius 3 is 2.33 bits per heavy atom. The van der Waals surface area contributed by atoms with Gasteiger partial charge >= 0.3 is 0 Å². The summed E-state index contributed by atoms with van der Waals surface area (Å²) >= 11 is 0. The Kier molecular flexibility index (Phi) is 6.14. The molecule has 1 amide bonds. The predicted molar refractivity (Wildman–Crippen MR) is 117 cm³/mol. The number of carbonyl (C=O) groups is 1. The van der Waals surface area contributed by atoms with Crippen LogP contribution in [0, 0.1) is 6.92 Å². The molecule has 1 heterocycles. The molecule has 0 aliphatic carbocycles. The summed E-state index contributed by atoms with van der Waals surface area (Å²) < 4.78 is 32.9. The lowest BCUT2D eigenvalue weighted by Gasteiger charge is -2.19. The summed E-state index contributed by atoms with van der Waals surface area (Å²) in [5, 5.41) is 2.84. The topological polar surface area (TPSA) is 88.4 Å². The molecule has 0 spiro atoms. The molecule has 1 aromatic heterocycles. The van der Waals surface area contributed by atoms with Crippen LogP contribution in [0.2, 0.25) is 0 Å². The van der Waals surface area contributed by atoms with Gasteiger partial charge in [0, 0.05) is 11.3 Å². The fraction of sp³-hybridized carbons (Fsp3) is 0.261. The van der Waals surface area contributed by atoms with E-state index in [1.807, 2.05) is 24.3 Å². The molecule has 0 aliphatic heterocycles. The molecule has 0 saturated heterocycles. The average Bonchev–Trinajstić information content (AvgIpc) is 3.20. The van der Waals surface area contributed by atoms with Gasteiger partial charge in [0.1, 0.15) is 5.76 Å². The van der Waals surface area contributed by atoms with Gasteiger partial charge in [-0.3, -0.25) is 4.79 Å². The summed E-state index contributed by atoms with van der Waals surface area (Å²) in [6.07, 6.45) is 1.48. The predicted octanol–water partition coefficient (Wildman–Crippen LogP) is 4.62. The van der Waals surface area contributed by atoms with Crippen molar-refractivity contribution < 1.29 is 17.6 Å². The van der Waals surface area contributed by atoms with E-state index >= 15 is 0 Å². The Balaban J connectivity index is 1.78. The minimum Gasteiger partial charge on any atom is -0.468 e. The maximum atomic E-state index is 12.8. The first-order valence-electron chi connectivity index (χ1n) is 9.61. The summed E-state index contributed by atoms with van der Waals surface area (Å²) in [6.45, 7) is 8.16. The van der Waals surface area contributed by atoms with E-state index in [9.17, 15) is 13.2 Å². The van der Waals surface area contributed by atoms with Gasteiger partial charge in [0.2, 0.25) is 10.0 Å². The van der Waals surface area contributed by atoms with Crippen molar-refractivity contribution in [1.82, 2.24) is 4.72 Å². The molecule has 0 bridgehead atoms. The third-order valence-corrected chi connectivity index (χ3v) is 6.19. The van der Waals surface area contributed by atoms with Gasteiger partial charge in [0.05, 0.1) is 17.7 Å². The highest BCUT2D eigenvalue weighted by Gasteiger charge is 2.19. The van der Waals surface area contributed by atoms with Crippen molar-refractivity contribution in [2.75, 3.05) is 5.32 Å². The lowest BCUT2D eigenvalue weighted by molar-refractivity contribution is 0.102. The van der Waals surface area contributed by atoms with Crippen molar-refractivity contribution in [1.29, 1.82) is 0 Å². The SMILES string of the molecule is Cc1ccc(S(=O)(=O)NCc2ccco2)cc1C(=O)Nc1ccc(C(C)(C)C)cc1. The number of aryl methyl sites for hydroxylation is 1. The summed E-state index contributed by atoms with van der Waals surface area (Å²) in [6, 6.07) is 15.5. The van der Waals surface area contributed by atoms with E-state index < -0.39 is 10.0 Å². The van der Waals surface area contributed by atoms with Crippen molar-refractivity contribution in [3.05, 3.63) is 83.3 Å². The van der Waals surface area contributed by atoms with Gasteiger partial charge in [0.15, 0.2) is 0 Å². The minimum absolute atomic E-state index is 0.0183. The highest BCUT2D eigenvalue weighted by molar-refractivity contribution is 7.89. The molecule has 158 valence electrons. The van der Waals surface area contributed by atoms with Gasteiger partial charge in [-0.1, -0.05) is 39.0 Å². The van der Waals surface area contributed by atoms with Crippen molar-refractivity contribution >= 4 is 21.6 Å². The highest BCUT2D eigenvalue weighted by atomic mass is 32.2. The number of anilines is 1. The molecular formula is C23H26N2O4S. The molecule has 0 saturated carbocycles. The van der Waals surface area contributed by atoms with Crippen LogP contribution < -0.4 is 10.0 Å². The Morgan fingerprint density at radius 1 is 1.03 bits per heavy atom. The van der Waals surface area contributed by atoms with Gasteiger partial charge in [-0.05, 0) is 59.9 Å². The molecule has 0 aliphatic rings.